The van der Waals surface area contributed by atoms with E-state index in [0.29, 0.717) is 12.3 Å². The van der Waals surface area contributed by atoms with E-state index in [2.05, 4.69) is 10.3 Å². The first-order chi connectivity index (χ1) is 9.79. The molecule has 0 aliphatic heterocycles. The quantitative estimate of drug-likeness (QED) is 0.849. The Balaban J connectivity index is 2.47. The lowest BCUT2D eigenvalue weighted by atomic mass is 10.1. The third-order valence-electron chi connectivity index (χ3n) is 2.57. The maximum atomic E-state index is 13.0. The van der Waals surface area contributed by atoms with E-state index in [4.69, 9.17) is 5.11 Å². The summed E-state index contributed by atoms with van der Waals surface area (Å²) in [7, 11) is 0. The number of halogens is 4. The summed E-state index contributed by atoms with van der Waals surface area (Å²) in [6.07, 6.45) is -3.90. The average molecular weight is 300 g/mol. The summed E-state index contributed by atoms with van der Waals surface area (Å²) in [5.41, 5.74) is -1.91. The number of carbonyl (C=O) groups is 1. The number of hydrogen-bond donors (Lipinski definition) is 2. The molecule has 0 atom stereocenters. The molecule has 2 aromatic rings. The van der Waals surface area contributed by atoms with Gasteiger partial charge in [0, 0.05) is 0 Å². The minimum Gasteiger partial charge on any atom is -0.478 e. The number of nitrogens with one attached hydrogen (secondary N) is 1. The summed E-state index contributed by atoms with van der Waals surface area (Å²) < 4.78 is 51.5. The second-order valence-corrected chi connectivity index (χ2v) is 4.02. The van der Waals surface area contributed by atoms with Gasteiger partial charge in [-0.05, 0) is 18.2 Å². The van der Waals surface area contributed by atoms with Crippen molar-refractivity contribution in [2.75, 3.05) is 5.32 Å². The van der Waals surface area contributed by atoms with Crippen molar-refractivity contribution in [3.05, 3.63) is 53.5 Å². The molecule has 0 bridgehead atoms. The van der Waals surface area contributed by atoms with Crippen LogP contribution in [0.25, 0.3) is 0 Å². The van der Waals surface area contributed by atoms with Gasteiger partial charge in [-0.1, -0.05) is 12.1 Å². The minimum atomic E-state index is -4.62. The van der Waals surface area contributed by atoms with Crippen molar-refractivity contribution < 1.29 is 27.5 Å². The number of nitrogens with zero attached hydrogens (tertiary/aromatic N) is 1. The van der Waals surface area contributed by atoms with Crippen molar-refractivity contribution in [1.82, 2.24) is 4.98 Å². The smallest absolute Gasteiger partial charge is 0.418 e. The lowest BCUT2D eigenvalue weighted by molar-refractivity contribution is -0.136. The van der Waals surface area contributed by atoms with Crippen molar-refractivity contribution in [2.45, 2.75) is 6.18 Å². The van der Waals surface area contributed by atoms with Crippen molar-refractivity contribution in [1.29, 1.82) is 0 Å². The van der Waals surface area contributed by atoms with Crippen LogP contribution in [0, 0.1) is 5.82 Å². The van der Waals surface area contributed by atoms with Crippen LogP contribution in [-0.4, -0.2) is 16.1 Å². The molecule has 21 heavy (non-hydrogen) atoms. The van der Waals surface area contributed by atoms with Gasteiger partial charge in [-0.15, -0.1) is 0 Å². The first kappa shape index (κ1) is 14.8. The van der Waals surface area contributed by atoms with E-state index in [0.717, 1.165) is 12.1 Å². The van der Waals surface area contributed by atoms with E-state index in [1.807, 2.05) is 0 Å². The summed E-state index contributed by atoms with van der Waals surface area (Å²) >= 11 is 0. The number of aromatic nitrogens is 1. The monoisotopic (exact) mass is 300 g/mol. The van der Waals surface area contributed by atoms with E-state index in [-0.39, 0.29) is 11.5 Å². The molecule has 0 aliphatic rings. The summed E-state index contributed by atoms with van der Waals surface area (Å²) in [6, 6.07) is 5.19. The Morgan fingerprint density at radius 3 is 2.52 bits per heavy atom. The summed E-state index contributed by atoms with van der Waals surface area (Å²) in [5.74, 6) is -2.78. The maximum absolute atomic E-state index is 13.0. The van der Waals surface area contributed by atoms with E-state index >= 15 is 0 Å². The zero-order valence-corrected chi connectivity index (χ0v) is 10.3. The molecule has 0 saturated carbocycles. The number of aromatic carboxylic acids is 1. The molecule has 110 valence electrons. The number of rotatable bonds is 3. The third-order valence-corrected chi connectivity index (χ3v) is 2.57. The SMILES string of the molecule is O=C(O)c1cc(F)cnc1Nc1ccccc1C(F)(F)F. The van der Waals surface area contributed by atoms with Gasteiger partial charge >= 0.3 is 12.1 Å². The fourth-order valence-corrected chi connectivity index (χ4v) is 1.67. The Kier molecular flexibility index (Phi) is 3.79. The number of anilines is 2. The number of benzene rings is 1. The van der Waals surface area contributed by atoms with Crippen molar-refractivity contribution in [3.63, 3.8) is 0 Å². The highest BCUT2D eigenvalue weighted by Gasteiger charge is 2.33. The topological polar surface area (TPSA) is 62.2 Å². The van der Waals surface area contributed by atoms with Gasteiger partial charge in [0.05, 0.1) is 17.4 Å². The zero-order chi connectivity index (χ0) is 15.6. The number of alkyl halides is 3. The molecule has 0 spiro atoms. The molecule has 2 N–H and O–H groups in total. The van der Waals surface area contributed by atoms with Crippen molar-refractivity contribution in [2.24, 2.45) is 0 Å². The number of carboxylic acid groups (broad SMARTS) is 1. The Morgan fingerprint density at radius 1 is 1.24 bits per heavy atom. The highest BCUT2D eigenvalue weighted by molar-refractivity contribution is 5.94. The van der Waals surface area contributed by atoms with E-state index in [1.165, 1.54) is 12.1 Å². The summed E-state index contributed by atoms with van der Waals surface area (Å²) in [5, 5.41) is 11.2. The van der Waals surface area contributed by atoms with Crippen molar-refractivity contribution in [3.8, 4) is 0 Å². The van der Waals surface area contributed by atoms with Crippen LogP contribution in [0.15, 0.2) is 36.5 Å². The molecular weight excluding hydrogens is 292 g/mol. The second-order valence-electron chi connectivity index (χ2n) is 4.02. The zero-order valence-electron chi connectivity index (χ0n) is 10.3. The number of pyridine rings is 1. The number of hydrogen-bond acceptors (Lipinski definition) is 3. The molecular formula is C13H8F4N2O2. The lowest BCUT2D eigenvalue weighted by Crippen LogP contribution is -2.11. The Morgan fingerprint density at radius 2 is 1.90 bits per heavy atom. The standard InChI is InChI=1S/C13H8F4N2O2/c14-7-5-8(12(20)21)11(18-6-7)19-10-4-2-1-3-9(10)13(15,16)17/h1-6H,(H,18,19)(H,20,21). The molecule has 0 unspecified atom stereocenters. The Hall–Kier alpha value is -2.64. The summed E-state index contributed by atoms with van der Waals surface area (Å²) in [6.45, 7) is 0. The molecule has 0 radical (unpaired) electrons. The number of para-hydroxylation sites is 1. The van der Waals surface area contributed by atoms with E-state index in [9.17, 15) is 22.4 Å². The fraction of sp³-hybridized carbons (Fsp3) is 0.0769. The molecule has 8 heteroatoms. The first-order valence-corrected chi connectivity index (χ1v) is 5.61. The van der Waals surface area contributed by atoms with Crippen LogP contribution < -0.4 is 5.32 Å². The molecule has 1 aromatic carbocycles. The molecule has 4 nitrogen and oxygen atoms in total. The molecule has 1 heterocycles. The molecule has 0 fully saturated rings. The molecule has 0 aliphatic carbocycles. The fourth-order valence-electron chi connectivity index (χ4n) is 1.67. The van der Waals surface area contributed by atoms with Gasteiger partial charge < -0.3 is 10.4 Å². The van der Waals surface area contributed by atoms with Gasteiger partial charge in [-0.3, -0.25) is 0 Å². The predicted molar refractivity (Wildman–Crippen MR) is 65.9 cm³/mol. The van der Waals surface area contributed by atoms with E-state index < -0.39 is 29.1 Å². The molecule has 0 amide bonds. The van der Waals surface area contributed by atoms with Gasteiger partial charge in [-0.25, -0.2) is 14.2 Å². The first-order valence-electron chi connectivity index (χ1n) is 5.61. The van der Waals surface area contributed by atoms with Gasteiger partial charge in [0.25, 0.3) is 0 Å². The predicted octanol–water partition coefficient (Wildman–Crippen LogP) is 3.68. The van der Waals surface area contributed by atoms with Crippen LogP contribution in [-0.2, 0) is 6.18 Å². The number of carboxylic acids is 1. The van der Waals surface area contributed by atoms with Crippen LogP contribution in [0.3, 0.4) is 0 Å². The van der Waals surface area contributed by atoms with Crippen LogP contribution in [0.2, 0.25) is 0 Å². The minimum absolute atomic E-state index is 0.369. The maximum Gasteiger partial charge on any atom is 0.418 e. The highest BCUT2D eigenvalue weighted by atomic mass is 19.4. The van der Waals surface area contributed by atoms with Crippen LogP contribution in [0.4, 0.5) is 29.1 Å². The van der Waals surface area contributed by atoms with Crippen LogP contribution in [0.5, 0.6) is 0 Å². The molecule has 1 aromatic heterocycles. The Bertz CT molecular complexity index is 686. The molecule has 2 rings (SSSR count). The van der Waals surface area contributed by atoms with Crippen molar-refractivity contribution >= 4 is 17.5 Å². The highest BCUT2D eigenvalue weighted by Crippen LogP contribution is 2.36. The van der Waals surface area contributed by atoms with Gasteiger partial charge in [0.2, 0.25) is 0 Å². The average Bonchev–Trinajstić information content (AvgIpc) is 2.40. The normalized spacial score (nSPS) is 11.2. The second kappa shape index (κ2) is 5.39. The van der Waals surface area contributed by atoms with Gasteiger partial charge in [0.1, 0.15) is 17.2 Å². The Labute approximate surface area is 116 Å². The largest absolute Gasteiger partial charge is 0.478 e. The van der Waals surface area contributed by atoms with Crippen LogP contribution in [0.1, 0.15) is 15.9 Å². The van der Waals surface area contributed by atoms with Gasteiger partial charge in [-0.2, -0.15) is 13.2 Å². The van der Waals surface area contributed by atoms with Gasteiger partial charge in [0.15, 0.2) is 0 Å². The lowest BCUT2D eigenvalue weighted by Gasteiger charge is -2.14. The van der Waals surface area contributed by atoms with E-state index in [1.54, 1.807) is 0 Å². The summed E-state index contributed by atoms with van der Waals surface area (Å²) in [4.78, 5) is 14.5. The molecule has 0 saturated heterocycles. The third kappa shape index (κ3) is 3.28. The van der Waals surface area contributed by atoms with Crippen LogP contribution >= 0.6 is 0 Å².